The second-order valence-electron chi connectivity index (χ2n) is 17.6. The Labute approximate surface area is 369 Å². The van der Waals surface area contributed by atoms with Crippen molar-refractivity contribution in [3.8, 4) is 23.0 Å². The Kier molecular flexibility index (Phi) is 12.7. The molecule has 0 aliphatic heterocycles. The maximum Gasteiger partial charge on any atom is 0.309 e. The fraction of sp³-hybridized carbons (Fsp3) is 0.400. The molecule has 64 heavy (non-hydrogen) atoms. The predicted octanol–water partition coefficient (Wildman–Crippen LogP) is 7.30. The van der Waals surface area contributed by atoms with E-state index in [1.54, 1.807) is 24.3 Å². The highest BCUT2D eigenvalue weighted by Gasteiger charge is 2.40. The van der Waals surface area contributed by atoms with Crippen molar-refractivity contribution in [2.75, 3.05) is 0 Å². The average Bonchev–Trinajstić information content (AvgIpc) is 3.29. The summed E-state index contributed by atoms with van der Waals surface area (Å²) in [6.07, 6.45) is 4.69. The van der Waals surface area contributed by atoms with E-state index in [-0.39, 0.29) is 80.6 Å². The summed E-state index contributed by atoms with van der Waals surface area (Å²) < 4.78 is 12.1. The van der Waals surface area contributed by atoms with Gasteiger partial charge in [0.15, 0.2) is 23.1 Å². The van der Waals surface area contributed by atoms with Crippen molar-refractivity contribution in [3.63, 3.8) is 0 Å². The summed E-state index contributed by atoms with van der Waals surface area (Å²) in [4.78, 5) is 81.5. The van der Waals surface area contributed by atoms with Crippen LogP contribution in [0.1, 0.15) is 177 Å². The molecule has 14 heteroatoms. The highest BCUT2D eigenvalue weighted by Crippen LogP contribution is 2.46. The van der Waals surface area contributed by atoms with Crippen molar-refractivity contribution in [1.82, 2.24) is 0 Å². The zero-order valence-corrected chi connectivity index (χ0v) is 35.3. The Morgan fingerprint density at radius 2 is 0.812 bits per heavy atom. The lowest BCUT2D eigenvalue weighted by Gasteiger charge is -2.28. The molecule has 0 radical (unpaired) electrons. The molecule has 2 atom stereocenters. The fourth-order valence-corrected chi connectivity index (χ4v) is 9.80. The van der Waals surface area contributed by atoms with Gasteiger partial charge in [-0.1, -0.05) is 61.4 Å². The highest BCUT2D eigenvalue weighted by atomic mass is 16.5. The summed E-state index contributed by atoms with van der Waals surface area (Å²) >= 11 is 0. The van der Waals surface area contributed by atoms with Gasteiger partial charge in [0.2, 0.25) is 0 Å². The summed E-state index contributed by atoms with van der Waals surface area (Å²) in [5.41, 5.74) is 11.2. The van der Waals surface area contributed by atoms with Crippen molar-refractivity contribution >= 4 is 35.1 Å². The highest BCUT2D eigenvalue weighted by molar-refractivity contribution is 6.31. The van der Waals surface area contributed by atoms with E-state index in [0.717, 1.165) is 0 Å². The lowest BCUT2D eigenvalue weighted by Crippen LogP contribution is -2.31. The molecule has 0 aromatic heterocycles. The molecule has 4 aliphatic carbocycles. The molecule has 0 amide bonds. The zero-order valence-electron chi connectivity index (χ0n) is 35.3. The van der Waals surface area contributed by atoms with Gasteiger partial charge < -0.3 is 41.4 Å². The summed E-state index contributed by atoms with van der Waals surface area (Å²) in [7, 11) is 0. The number of unbranched alkanes of at least 4 members (excludes halogenated alkanes) is 3. The molecular formula is C50H52N2O12. The Balaban J connectivity index is 1.01. The van der Waals surface area contributed by atoms with Gasteiger partial charge in [0.1, 0.15) is 35.2 Å². The molecule has 4 aliphatic rings. The van der Waals surface area contributed by atoms with Crippen LogP contribution in [-0.4, -0.2) is 67.6 Å². The minimum absolute atomic E-state index is 0.00775. The van der Waals surface area contributed by atoms with Crippen LogP contribution < -0.4 is 11.5 Å². The molecule has 2 unspecified atom stereocenters. The third-order valence-corrected chi connectivity index (χ3v) is 13.5. The van der Waals surface area contributed by atoms with Gasteiger partial charge in [-0.2, -0.15) is 0 Å². The van der Waals surface area contributed by atoms with Crippen molar-refractivity contribution < 1.29 is 58.7 Å². The molecule has 4 aromatic carbocycles. The lowest BCUT2D eigenvalue weighted by molar-refractivity contribution is -0.157. The van der Waals surface area contributed by atoms with Crippen molar-refractivity contribution in [3.05, 3.63) is 116 Å². The largest absolute Gasteiger partial charge is 0.507 e. The molecule has 4 aromatic rings. The van der Waals surface area contributed by atoms with Crippen molar-refractivity contribution in [1.29, 1.82) is 0 Å². The molecule has 2 fully saturated rings. The SMILES string of the molecule is NC1CCC(C(=O)OC(CCCCCCC(OC(=O)C2CCC(N)CC2)c2cc(O)c3c(c2O)C(=O)c2ccccc2C3=O)c2cc(O)c3c(c2O)C(=O)c2ccccc2C3=O)CC1. The molecule has 0 bridgehead atoms. The first-order chi connectivity index (χ1) is 30.7. The van der Waals surface area contributed by atoms with E-state index in [4.69, 9.17) is 20.9 Å². The number of phenolic OH excluding ortho intramolecular Hbond substituents is 4. The molecule has 8 rings (SSSR count). The van der Waals surface area contributed by atoms with Crippen LogP contribution in [0.5, 0.6) is 23.0 Å². The maximum atomic E-state index is 13.7. The van der Waals surface area contributed by atoms with Crippen LogP contribution in [0.15, 0.2) is 60.7 Å². The number of nitrogens with two attached hydrogens (primary N) is 2. The minimum atomic E-state index is -1.10. The van der Waals surface area contributed by atoms with Gasteiger partial charge in [0, 0.05) is 45.5 Å². The van der Waals surface area contributed by atoms with E-state index in [9.17, 15) is 49.2 Å². The summed E-state index contributed by atoms with van der Waals surface area (Å²) in [6, 6.07) is 14.6. The average molecular weight is 873 g/mol. The lowest BCUT2D eigenvalue weighted by atomic mass is 9.81. The number of phenols is 4. The van der Waals surface area contributed by atoms with E-state index in [0.29, 0.717) is 77.0 Å². The van der Waals surface area contributed by atoms with E-state index in [1.807, 2.05) is 0 Å². The van der Waals surface area contributed by atoms with E-state index < -0.39 is 82.1 Å². The molecule has 2 saturated carbocycles. The number of benzene rings is 4. The number of fused-ring (bicyclic) bond motifs is 4. The molecular weight excluding hydrogens is 821 g/mol. The van der Waals surface area contributed by atoms with Gasteiger partial charge in [-0.05, 0) is 89.2 Å². The van der Waals surface area contributed by atoms with Crippen LogP contribution in [-0.2, 0) is 19.1 Å². The number of hydrogen-bond acceptors (Lipinski definition) is 14. The number of ether oxygens (including phenoxy) is 2. The first-order valence-electron chi connectivity index (χ1n) is 22.2. The smallest absolute Gasteiger partial charge is 0.309 e. The standard InChI is InChI=1S/C50H52N2O12/c51-27-19-15-25(16-20-27)49(61)63-37(33-23-35(53)39-41(47(33)59)45(57)31-11-7-5-9-29(31)43(39)55)13-3-1-2-4-14-38(64-50(62)26-17-21-28(52)22-18-26)34-24-36(54)40-42(48(34)60)46(58)32-12-8-6-10-30(32)44(40)56/h5-12,23-28,37-38,53-54,59-60H,1-4,13-22,51-52H2. The third kappa shape index (κ3) is 8.39. The summed E-state index contributed by atoms with van der Waals surface area (Å²) in [5, 5.41) is 45.7. The second kappa shape index (κ2) is 18.4. The first kappa shape index (κ1) is 44.2. The number of ketones is 4. The molecule has 0 spiro atoms. The van der Waals surface area contributed by atoms with Gasteiger partial charge in [-0.3, -0.25) is 28.8 Å². The third-order valence-electron chi connectivity index (χ3n) is 13.5. The Morgan fingerprint density at radius 1 is 0.500 bits per heavy atom. The summed E-state index contributed by atoms with van der Waals surface area (Å²) in [5.74, 6) is -6.54. The monoisotopic (exact) mass is 872 g/mol. The molecule has 334 valence electrons. The summed E-state index contributed by atoms with van der Waals surface area (Å²) in [6.45, 7) is 0. The van der Waals surface area contributed by atoms with Gasteiger partial charge in [-0.15, -0.1) is 0 Å². The number of hydrogen-bond donors (Lipinski definition) is 6. The fourth-order valence-electron chi connectivity index (χ4n) is 9.80. The van der Waals surface area contributed by atoms with E-state index >= 15 is 0 Å². The molecule has 8 N–H and O–H groups in total. The van der Waals surface area contributed by atoms with Crippen molar-refractivity contribution in [2.24, 2.45) is 23.3 Å². The van der Waals surface area contributed by atoms with E-state index in [1.165, 1.54) is 36.4 Å². The van der Waals surface area contributed by atoms with E-state index in [2.05, 4.69) is 0 Å². The predicted molar refractivity (Wildman–Crippen MR) is 231 cm³/mol. The topological polar surface area (TPSA) is 254 Å². The molecule has 0 heterocycles. The normalized spacial score (nSPS) is 21.2. The first-order valence-corrected chi connectivity index (χ1v) is 22.2. The number of esters is 2. The van der Waals surface area contributed by atoms with Crippen LogP contribution in [0, 0.1) is 11.8 Å². The molecule has 0 saturated heterocycles. The van der Waals surface area contributed by atoms with Gasteiger partial charge in [0.25, 0.3) is 0 Å². The van der Waals surface area contributed by atoms with Crippen LogP contribution >= 0.6 is 0 Å². The van der Waals surface area contributed by atoms with Crippen LogP contribution in [0.4, 0.5) is 0 Å². The Bertz CT molecular complexity index is 2370. The molecule has 14 nitrogen and oxygen atoms in total. The van der Waals surface area contributed by atoms with Gasteiger partial charge in [0.05, 0.1) is 34.1 Å². The van der Waals surface area contributed by atoms with Crippen LogP contribution in [0.25, 0.3) is 0 Å². The van der Waals surface area contributed by atoms with Gasteiger partial charge >= 0.3 is 11.9 Å². The van der Waals surface area contributed by atoms with Crippen LogP contribution in [0.2, 0.25) is 0 Å². The quantitative estimate of drug-likeness (QED) is 0.0378. The second-order valence-corrected chi connectivity index (χ2v) is 17.6. The van der Waals surface area contributed by atoms with Crippen molar-refractivity contribution in [2.45, 2.75) is 114 Å². The Morgan fingerprint density at radius 3 is 1.14 bits per heavy atom. The number of rotatable bonds is 13. The zero-order chi connectivity index (χ0) is 45.4. The maximum absolute atomic E-state index is 13.7. The number of aromatic hydroxyl groups is 4. The van der Waals surface area contributed by atoms with Gasteiger partial charge in [-0.25, -0.2) is 0 Å². The number of carbonyl (C=O) groups is 6. The number of carbonyl (C=O) groups excluding carboxylic acids is 6. The Hall–Kier alpha value is -6.38. The minimum Gasteiger partial charge on any atom is -0.507 e. The van der Waals surface area contributed by atoms with Crippen LogP contribution in [0.3, 0.4) is 0 Å².